The van der Waals surface area contributed by atoms with Crippen molar-refractivity contribution in [3.63, 3.8) is 0 Å². The van der Waals surface area contributed by atoms with Crippen molar-refractivity contribution in [2.24, 2.45) is 0 Å². The Kier molecular flexibility index (Phi) is 5.45. The van der Waals surface area contributed by atoms with Crippen molar-refractivity contribution in [2.75, 3.05) is 6.54 Å². The molecule has 1 aliphatic carbocycles. The predicted octanol–water partition coefficient (Wildman–Crippen LogP) is 2.97. The Labute approximate surface area is 112 Å². The molecule has 1 saturated carbocycles. The maximum Gasteiger partial charge on any atom is 0.118 e. The summed E-state index contributed by atoms with van der Waals surface area (Å²) >= 11 is 0. The SMILES string of the molecule is CCNCc1ccc(CS(=O)C2CCCCC2)o1. The van der Waals surface area contributed by atoms with E-state index >= 15 is 0 Å². The van der Waals surface area contributed by atoms with Gasteiger partial charge in [0.05, 0.1) is 12.3 Å². The van der Waals surface area contributed by atoms with E-state index in [1.807, 2.05) is 12.1 Å². The molecule has 4 heteroatoms. The van der Waals surface area contributed by atoms with Crippen molar-refractivity contribution < 1.29 is 8.63 Å². The summed E-state index contributed by atoms with van der Waals surface area (Å²) in [5.74, 6) is 2.39. The molecule has 0 spiro atoms. The van der Waals surface area contributed by atoms with Gasteiger partial charge < -0.3 is 9.73 Å². The number of hydrogen-bond acceptors (Lipinski definition) is 3. The van der Waals surface area contributed by atoms with Crippen LogP contribution in [-0.4, -0.2) is 16.0 Å². The summed E-state index contributed by atoms with van der Waals surface area (Å²) in [6, 6.07) is 3.95. The maximum atomic E-state index is 12.2. The lowest BCUT2D eigenvalue weighted by Crippen LogP contribution is -2.19. The first-order valence-corrected chi connectivity index (χ1v) is 8.33. The van der Waals surface area contributed by atoms with Gasteiger partial charge in [0.2, 0.25) is 0 Å². The summed E-state index contributed by atoms with van der Waals surface area (Å²) in [7, 11) is -0.764. The van der Waals surface area contributed by atoms with E-state index in [9.17, 15) is 4.21 Å². The molecular weight excluding hydrogens is 246 g/mol. The number of nitrogens with one attached hydrogen (secondary N) is 1. The van der Waals surface area contributed by atoms with Gasteiger partial charge in [-0.2, -0.15) is 0 Å². The molecule has 1 aromatic heterocycles. The Bertz CT molecular complexity index is 383. The second-order valence-corrected chi connectivity index (χ2v) is 6.65. The standard InChI is InChI=1S/C14H23NO2S/c1-2-15-10-12-8-9-13(17-12)11-18(16)14-6-4-3-5-7-14/h8-9,14-15H,2-7,10-11H2,1H3. The van der Waals surface area contributed by atoms with Crippen LogP contribution in [0.25, 0.3) is 0 Å². The highest BCUT2D eigenvalue weighted by atomic mass is 32.2. The molecule has 3 nitrogen and oxygen atoms in total. The van der Waals surface area contributed by atoms with Crippen LogP contribution in [0.1, 0.15) is 50.5 Å². The van der Waals surface area contributed by atoms with Crippen molar-refractivity contribution in [3.05, 3.63) is 23.7 Å². The highest BCUT2D eigenvalue weighted by Gasteiger charge is 2.20. The van der Waals surface area contributed by atoms with Crippen molar-refractivity contribution in [3.8, 4) is 0 Å². The molecule has 1 fully saturated rings. The third-order valence-electron chi connectivity index (χ3n) is 3.48. The summed E-state index contributed by atoms with van der Waals surface area (Å²) in [5.41, 5.74) is 0. The molecule has 1 N–H and O–H groups in total. The average molecular weight is 269 g/mol. The molecular formula is C14H23NO2S. The van der Waals surface area contributed by atoms with E-state index in [0.29, 0.717) is 11.0 Å². The molecule has 2 rings (SSSR count). The Hall–Kier alpha value is -0.610. The Morgan fingerprint density at radius 1 is 1.28 bits per heavy atom. The van der Waals surface area contributed by atoms with Gasteiger partial charge in [-0.1, -0.05) is 26.2 Å². The molecule has 0 saturated heterocycles. The van der Waals surface area contributed by atoms with Crippen LogP contribution < -0.4 is 5.32 Å². The van der Waals surface area contributed by atoms with Gasteiger partial charge in [-0.25, -0.2) is 0 Å². The average Bonchev–Trinajstić information content (AvgIpc) is 2.85. The fourth-order valence-corrected chi connectivity index (χ4v) is 3.96. The molecule has 1 unspecified atom stereocenters. The number of hydrogen-bond donors (Lipinski definition) is 1. The summed E-state index contributed by atoms with van der Waals surface area (Å²) in [6.45, 7) is 3.76. The topological polar surface area (TPSA) is 42.2 Å². The minimum absolute atomic E-state index is 0.390. The molecule has 0 amide bonds. The van der Waals surface area contributed by atoms with Gasteiger partial charge in [0.25, 0.3) is 0 Å². The molecule has 1 aromatic rings. The summed E-state index contributed by atoms with van der Waals surface area (Å²) in [6.07, 6.45) is 6.02. The molecule has 102 valence electrons. The second kappa shape index (κ2) is 7.10. The zero-order valence-electron chi connectivity index (χ0n) is 11.1. The lowest BCUT2D eigenvalue weighted by atomic mass is 10.0. The number of furan rings is 1. The summed E-state index contributed by atoms with van der Waals surface area (Å²) in [4.78, 5) is 0. The van der Waals surface area contributed by atoms with Crippen LogP contribution in [0.4, 0.5) is 0 Å². The van der Waals surface area contributed by atoms with Gasteiger partial charge >= 0.3 is 0 Å². The maximum absolute atomic E-state index is 12.2. The number of rotatable bonds is 6. The van der Waals surface area contributed by atoms with Crippen LogP contribution in [0.5, 0.6) is 0 Å². The van der Waals surface area contributed by atoms with E-state index in [4.69, 9.17) is 4.42 Å². The second-order valence-electron chi connectivity index (χ2n) is 4.93. The first-order valence-electron chi connectivity index (χ1n) is 6.95. The Morgan fingerprint density at radius 2 is 2.00 bits per heavy atom. The molecule has 0 aromatic carbocycles. The zero-order valence-corrected chi connectivity index (χ0v) is 11.9. The predicted molar refractivity (Wildman–Crippen MR) is 74.8 cm³/mol. The van der Waals surface area contributed by atoms with E-state index in [-0.39, 0.29) is 0 Å². The first kappa shape index (κ1) is 13.8. The van der Waals surface area contributed by atoms with Gasteiger partial charge in [-0.15, -0.1) is 0 Å². The molecule has 0 aliphatic heterocycles. The van der Waals surface area contributed by atoms with Crippen LogP contribution in [0.2, 0.25) is 0 Å². The zero-order chi connectivity index (χ0) is 12.8. The minimum Gasteiger partial charge on any atom is -0.464 e. The largest absolute Gasteiger partial charge is 0.464 e. The van der Waals surface area contributed by atoms with E-state index in [0.717, 1.165) is 37.5 Å². The fourth-order valence-electron chi connectivity index (χ4n) is 2.43. The lowest BCUT2D eigenvalue weighted by molar-refractivity contribution is 0.459. The van der Waals surface area contributed by atoms with Crippen molar-refractivity contribution >= 4 is 10.8 Å². The Balaban J connectivity index is 1.84. The van der Waals surface area contributed by atoms with Crippen molar-refractivity contribution in [1.29, 1.82) is 0 Å². The van der Waals surface area contributed by atoms with Gasteiger partial charge in [0, 0.05) is 16.0 Å². The van der Waals surface area contributed by atoms with Crippen LogP contribution in [-0.2, 0) is 23.1 Å². The fraction of sp³-hybridized carbons (Fsp3) is 0.714. The lowest BCUT2D eigenvalue weighted by Gasteiger charge is -2.20. The van der Waals surface area contributed by atoms with E-state index < -0.39 is 10.8 Å². The van der Waals surface area contributed by atoms with E-state index in [1.165, 1.54) is 19.3 Å². The highest BCUT2D eigenvalue weighted by Crippen LogP contribution is 2.24. The molecule has 0 radical (unpaired) electrons. The van der Waals surface area contributed by atoms with E-state index in [2.05, 4.69) is 12.2 Å². The Morgan fingerprint density at radius 3 is 2.72 bits per heavy atom. The quantitative estimate of drug-likeness (QED) is 0.863. The monoisotopic (exact) mass is 269 g/mol. The van der Waals surface area contributed by atoms with Gasteiger partial charge in [0.15, 0.2) is 0 Å². The van der Waals surface area contributed by atoms with Crippen molar-refractivity contribution in [1.82, 2.24) is 5.32 Å². The van der Waals surface area contributed by atoms with Crippen molar-refractivity contribution in [2.45, 2.75) is 56.6 Å². The van der Waals surface area contributed by atoms with Crippen LogP contribution in [0, 0.1) is 0 Å². The highest BCUT2D eigenvalue weighted by molar-refractivity contribution is 7.84. The van der Waals surface area contributed by atoms with E-state index in [1.54, 1.807) is 0 Å². The summed E-state index contributed by atoms with van der Waals surface area (Å²) < 4.78 is 17.9. The molecule has 0 bridgehead atoms. The van der Waals surface area contributed by atoms with Gasteiger partial charge in [-0.3, -0.25) is 4.21 Å². The molecule has 1 aliphatic rings. The van der Waals surface area contributed by atoms with Crippen LogP contribution in [0.3, 0.4) is 0 Å². The molecule has 1 atom stereocenters. The minimum atomic E-state index is -0.764. The summed E-state index contributed by atoms with van der Waals surface area (Å²) in [5, 5.41) is 3.61. The third kappa shape index (κ3) is 3.95. The van der Waals surface area contributed by atoms with Gasteiger partial charge in [0.1, 0.15) is 11.5 Å². The third-order valence-corrected chi connectivity index (χ3v) is 5.26. The van der Waals surface area contributed by atoms with Crippen LogP contribution >= 0.6 is 0 Å². The first-order chi connectivity index (χ1) is 8.79. The van der Waals surface area contributed by atoms with Gasteiger partial charge in [-0.05, 0) is 31.5 Å². The molecule has 1 heterocycles. The van der Waals surface area contributed by atoms with Crippen LogP contribution in [0.15, 0.2) is 16.5 Å². The normalized spacial score (nSPS) is 18.9. The molecule has 18 heavy (non-hydrogen) atoms. The smallest absolute Gasteiger partial charge is 0.118 e.